The highest BCUT2D eigenvalue weighted by Gasteiger charge is 2.26. The molecular weight excluding hydrogens is 434 g/mol. The van der Waals surface area contributed by atoms with Crippen molar-refractivity contribution in [2.75, 3.05) is 5.43 Å². The van der Waals surface area contributed by atoms with E-state index in [4.69, 9.17) is 4.74 Å². The molecule has 0 saturated carbocycles. The van der Waals surface area contributed by atoms with Crippen molar-refractivity contribution in [3.8, 4) is 11.6 Å². The molecule has 1 heterocycles. The number of anilines is 1. The van der Waals surface area contributed by atoms with Crippen LogP contribution in [0.25, 0.3) is 21.5 Å². The fraction of sp³-hybridized carbons (Fsp3) is 0. The van der Waals surface area contributed by atoms with Crippen LogP contribution in [0.2, 0.25) is 0 Å². The Morgan fingerprint density at radius 1 is 0.853 bits per heavy atom. The van der Waals surface area contributed by atoms with Crippen LogP contribution in [-0.2, 0) is 0 Å². The smallest absolute Gasteiger partial charge is 0.374 e. The monoisotopic (exact) mass is 451 g/mol. The predicted molar refractivity (Wildman–Crippen MR) is 128 cm³/mol. The van der Waals surface area contributed by atoms with Crippen LogP contribution >= 0.6 is 0 Å². The number of nitrogens with zero attached hydrogens (tertiary/aromatic N) is 3. The molecule has 1 amide bonds. The van der Waals surface area contributed by atoms with Crippen molar-refractivity contribution in [2.45, 2.75) is 0 Å². The third-order valence-corrected chi connectivity index (χ3v) is 5.24. The van der Waals surface area contributed by atoms with E-state index in [-0.39, 0.29) is 11.7 Å². The summed E-state index contributed by atoms with van der Waals surface area (Å²) in [5, 5.41) is 15.4. The van der Waals surface area contributed by atoms with E-state index in [9.17, 15) is 14.9 Å². The minimum atomic E-state index is -0.664. The van der Waals surface area contributed by atoms with E-state index < -0.39 is 16.5 Å². The first-order chi connectivity index (χ1) is 16.6. The SMILES string of the molecule is O=C(NNc1ncnc(Oc2ccc3ccccc3c2)c1[N+](=O)[O-])c1cccc2ccccc12. The van der Waals surface area contributed by atoms with Gasteiger partial charge in [0, 0.05) is 5.56 Å². The summed E-state index contributed by atoms with van der Waals surface area (Å²) in [6.07, 6.45) is 1.12. The number of aromatic nitrogens is 2. The van der Waals surface area contributed by atoms with Gasteiger partial charge in [0.05, 0.1) is 4.92 Å². The number of benzene rings is 4. The van der Waals surface area contributed by atoms with Gasteiger partial charge in [0.15, 0.2) is 0 Å². The zero-order valence-corrected chi connectivity index (χ0v) is 17.6. The number of amides is 1. The zero-order chi connectivity index (χ0) is 23.5. The molecule has 0 aliphatic heterocycles. The van der Waals surface area contributed by atoms with Crippen molar-refractivity contribution in [3.63, 3.8) is 0 Å². The highest BCUT2D eigenvalue weighted by atomic mass is 16.6. The van der Waals surface area contributed by atoms with Gasteiger partial charge in [-0.3, -0.25) is 25.8 Å². The van der Waals surface area contributed by atoms with Crippen molar-refractivity contribution in [3.05, 3.63) is 107 Å². The van der Waals surface area contributed by atoms with Gasteiger partial charge in [0.1, 0.15) is 12.1 Å². The van der Waals surface area contributed by atoms with Gasteiger partial charge in [-0.15, -0.1) is 0 Å². The Labute approximate surface area is 193 Å². The third kappa shape index (κ3) is 4.05. The molecule has 1 aromatic heterocycles. The Balaban J connectivity index is 1.41. The predicted octanol–water partition coefficient (Wildman–Crippen LogP) is 5.24. The Bertz CT molecular complexity index is 1550. The second-order valence-electron chi connectivity index (χ2n) is 7.35. The van der Waals surface area contributed by atoms with Gasteiger partial charge in [0.25, 0.3) is 5.91 Å². The number of fused-ring (bicyclic) bond motifs is 2. The van der Waals surface area contributed by atoms with Crippen LogP contribution in [0, 0.1) is 10.1 Å². The standard InChI is InChI=1S/C25H17N5O4/c31-24(21-11-5-9-17-7-3-4-10-20(17)21)29-28-23-22(30(32)33)25(27-15-26-23)34-19-13-12-16-6-1-2-8-18(16)14-19/h1-15H,(H,29,31)(H,26,27,28). The summed E-state index contributed by atoms with van der Waals surface area (Å²) >= 11 is 0. The number of rotatable bonds is 6. The van der Waals surface area contributed by atoms with Gasteiger partial charge in [-0.25, -0.2) is 4.98 Å². The fourth-order valence-electron chi connectivity index (χ4n) is 3.64. The molecule has 0 aliphatic rings. The molecule has 0 radical (unpaired) electrons. The van der Waals surface area contributed by atoms with E-state index in [1.165, 1.54) is 0 Å². The summed E-state index contributed by atoms with van der Waals surface area (Å²) in [7, 11) is 0. The molecule has 9 nitrogen and oxygen atoms in total. The summed E-state index contributed by atoms with van der Waals surface area (Å²) < 4.78 is 5.72. The summed E-state index contributed by atoms with van der Waals surface area (Å²) in [4.78, 5) is 31.8. The molecule has 34 heavy (non-hydrogen) atoms. The quantitative estimate of drug-likeness (QED) is 0.268. The van der Waals surface area contributed by atoms with E-state index >= 15 is 0 Å². The molecule has 5 aromatic rings. The van der Waals surface area contributed by atoms with Crippen LogP contribution in [0.1, 0.15) is 10.4 Å². The van der Waals surface area contributed by atoms with Gasteiger partial charge in [-0.2, -0.15) is 4.98 Å². The number of hydrogen-bond acceptors (Lipinski definition) is 7. The number of nitrogens with one attached hydrogen (secondary N) is 2. The number of carbonyl (C=O) groups excluding carboxylic acids is 1. The first-order valence-electron chi connectivity index (χ1n) is 10.3. The lowest BCUT2D eigenvalue weighted by molar-refractivity contribution is -0.385. The summed E-state index contributed by atoms with van der Waals surface area (Å²) in [6.45, 7) is 0. The van der Waals surface area contributed by atoms with Gasteiger partial charge in [-0.1, -0.05) is 66.7 Å². The van der Waals surface area contributed by atoms with E-state index in [2.05, 4.69) is 20.8 Å². The molecular formula is C25H17N5O4. The van der Waals surface area contributed by atoms with Crippen molar-refractivity contribution >= 4 is 39.0 Å². The molecule has 166 valence electrons. The fourth-order valence-corrected chi connectivity index (χ4v) is 3.64. The Morgan fingerprint density at radius 3 is 2.41 bits per heavy atom. The third-order valence-electron chi connectivity index (χ3n) is 5.24. The number of ether oxygens (including phenoxy) is 1. The Hall–Kier alpha value is -5.05. The lowest BCUT2D eigenvalue weighted by Crippen LogP contribution is -2.30. The molecule has 0 unspecified atom stereocenters. The van der Waals surface area contributed by atoms with E-state index in [1.54, 1.807) is 24.3 Å². The minimum absolute atomic E-state index is 0.204. The maximum absolute atomic E-state index is 12.8. The van der Waals surface area contributed by atoms with Gasteiger partial charge >= 0.3 is 11.6 Å². The summed E-state index contributed by atoms with van der Waals surface area (Å²) in [6, 6.07) is 25.7. The van der Waals surface area contributed by atoms with Gasteiger partial charge in [0.2, 0.25) is 5.82 Å². The second-order valence-corrected chi connectivity index (χ2v) is 7.35. The van der Waals surface area contributed by atoms with Crippen molar-refractivity contribution < 1.29 is 14.5 Å². The molecule has 0 aliphatic carbocycles. The van der Waals surface area contributed by atoms with Crippen molar-refractivity contribution in [2.24, 2.45) is 0 Å². The first kappa shape index (κ1) is 20.8. The average Bonchev–Trinajstić information content (AvgIpc) is 2.86. The number of hydrazine groups is 1. The molecule has 0 saturated heterocycles. The molecule has 0 atom stereocenters. The van der Waals surface area contributed by atoms with Gasteiger partial charge < -0.3 is 4.74 Å². The van der Waals surface area contributed by atoms with Crippen molar-refractivity contribution in [1.29, 1.82) is 0 Å². The largest absolute Gasteiger partial charge is 0.434 e. The average molecular weight is 451 g/mol. The van der Waals surface area contributed by atoms with Crippen LogP contribution in [0.15, 0.2) is 91.3 Å². The zero-order valence-electron chi connectivity index (χ0n) is 17.6. The maximum atomic E-state index is 12.8. The molecule has 2 N–H and O–H groups in total. The summed E-state index contributed by atoms with van der Waals surface area (Å²) in [5.41, 5.74) is 4.93. The number of hydrogen-bond donors (Lipinski definition) is 2. The number of carbonyl (C=O) groups is 1. The summed E-state index contributed by atoms with van der Waals surface area (Å²) in [5.74, 6) is -0.547. The van der Waals surface area contributed by atoms with E-state index in [0.717, 1.165) is 27.9 Å². The van der Waals surface area contributed by atoms with E-state index in [0.29, 0.717) is 11.3 Å². The Kier molecular flexibility index (Phi) is 5.41. The normalized spacial score (nSPS) is 10.7. The molecule has 5 rings (SSSR count). The van der Waals surface area contributed by atoms with Crippen molar-refractivity contribution in [1.82, 2.24) is 15.4 Å². The van der Waals surface area contributed by atoms with Crippen LogP contribution in [0.4, 0.5) is 11.5 Å². The molecule has 0 fully saturated rings. The maximum Gasteiger partial charge on any atom is 0.374 e. The Morgan fingerprint density at radius 2 is 1.59 bits per heavy atom. The lowest BCUT2D eigenvalue weighted by Gasteiger charge is -2.11. The minimum Gasteiger partial charge on any atom is -0.434 e. The van der Waals surface area contributed by atoms with Crippen LogP contribution in [-0.4, -0.2) is 20.8 Å². The highest BCUT2D eigenvalue weighted by molar-refractivity contribution is 6.07. The molecule has 9 heteroatoms. The van der Waals surface area contributed by atoms with Gasteiger partial charge in [-0.05, 0) is 39.7 Å². The highest BCUT2D eigenvalue weighted by Crippen LogP contribution is 2.34. The van der Waals surface area contributed by atoms with Crippen LogP contribution in [0.5, 0.6) is 11.6 Å². The molecule has 4 aromatic carbocycles. The molecule has 0 bridgehead atoms. The molecule has 0 spiro atoms. The van der Waals surface area contributed by atoms with Crippen LogP contribution in [0.3, 0.4) is 0 Å². The van der Waals surface area contributed by atoms with E-state index in [1.807, 2.05) is 60.7 Å². The number of nitro groups is 1. The first-order valence-corrected chi connectivity index (χ1v) is 10.3. The lowest BCUT2D eigenvalue weighted by atomic mass is 10.0. The topological polar surface area (TPSA) is 119 Å². The second kappa shape index (κ2) is 8.83. The van der Waals surface area contributed by atoms with Crippen LogP contribution < -0.4 is 15.6 Å².